The number of hydrogen-bond donors (Lipinski definition) is 2. The van der Waals surface area contributed by atoms with E-state index in [4.69, 9.17) is 0 Å². The van der Waals surface area contributed by atoms with Crippen molar-refractivity contribution in [3.63, 3.8) is 0 Å². The van der Waals surface area contributed by atoms with Crippen molar-refractivity contribution in [2.45, 2.75) is 63.7 Å². The SMILES string of the molecule is O=C(Nc1cccc(CN2CCC(C(=O)NC3CCCCC3)CC2)c1)c1ccc(C(F)(F)F)cc1F. The molecule has 0 aromatic heterocycles. The highest BCUT2D eigenvalue weighted by Crippen LogP contribution is 2.30. The van der Waals surface area contributed by atoms with Crippen LogP contribution in [-0.4, -0.2) is 35.8 Å². The van der Waals surface area contributed by atoms with E-state index in [1.54, 1.807) is 18.2 Å². The number of nitrogens with one attached hydrogen (secondary N) is 2. The average Bonchev–Trinajstić information content (AvgIpc) is 2.84. The molecule has 36 heavy (non-hydrogen) atoms. The van der Waals surface area contributed by atoms with Gasteiger partial charge in [-0.3, -0.25) is 14.5 Å². The molecule has 1 heterocycles. The van der Waals surface area contributed by atoms with Crippen LogP contribution in [0.3, 0.4) is 0 Å². The summed E-state index contributed by atoms with van der Waals surface area (Å²) in [4.78, 5) is 27.3. The van der Waals surface area contributed by atoms with Gasteiger partial charge in [0.15, 0.2) is 0 Å². The highest BCUT2D eigenvalue weighted by atomic mass is 19.4. The van der Waals surface area contributed by atoms with Crippen LogP contribution in [0.15, 0.2) is 42.5 Å². The van der Waals surface area contributed by atoms with Crippen LogP contribution in [0, 0.1) is 11.7 Å². The minimum atomic E-state index is -4.68. The zero-order valence-corrected chi connectivity index (χ0v) is 20.0. The summed E-state index contributed by atoms with van der Waals surface area (Å²) in [5.74, 6) is -1.84. The van der Waals surface area contributed by atoms with Crippen molar-refractivity contribution in [1.82, 2.24) is 10.2 Å². The predicted octanol–water partition coefficient (Wildman–Crippen LogP) is 5.76. The fraction of sp³-hybridized carbons (Fsp3) is 0.481. The Balaban J connectivity index is 1.29. The molecule has 1 saturated heterocycles. The quantitative estimate of drug-likeness (QED) is 0.491. The molecule has 2 amide bonds. The third-order valence-electron chi connectivity index (χ3n) is 7.04. The Bertz CT molecular complexity index is 1070. The van der Waals surface area contributed by atoms with E-state index in [2.05, 4.69) is 15.5 Å². The van der Waals surface area contributed by atoms with E-state index < -0.39 is 29.0 Å². The van der Waals surface area contributed by atoms with Crippen LogP contribution in [0.25, 0.3) is 0 Å². The summed E-state index contributed by atoms with van der Waals surface area (Å²) in [6.45, 7) is 2.21. The van der Waals surface area contributed by atoms with Crippen molar-refractivity contribution in [3.05, 3.63) is 65.0 Å². The first-order chi connectivity index (χ1) is 17.2. The third-order valence-corrected chi connectivity index (χ3v) is 7.04. The number of piperidine rings is 1. The van der Waals surface area contributed by atoms with E-state index >= 15 is 0 Å². The summed E-state index contributed by atoms with van der Waals surface area (Å²) in [7, 11) is 0. The van der Waals surface area contributed by atoms with Crippen molar-refractivity contribution in [2.24, 2.45) is 5.92 Å². The molecule has 194 valence electrons. The lowest BCUT2D eigenvalue weighted by Gasteiger charge is -2.32. The summed E-state index contributed by atoms with van der Waals surface area (Å²) < 4.78 is 52.4. The molecule has 2 fully saturated rings. The molecule has 1 aliphatic carbocycles. The second kappa shape index (κ2) is 11.4. The second-order valence-electron chi connectivity index (χ2n) is 9.74. The maximum Gasteiger partial charge on any atom is 0.416 e. The van der Waals surface area contributed by atoms with Gasteiger partial charge in [0, 0.05) is 24.2 Å². The highest BCUT2D eigenvalue weighted by molar-refractivity contribution is 6.04. The van der Waals surface area contributed by atoms with Crippen LogP contribution >= 0.6 is 0 Å². The average molecular weight is 506 g/mol. The van der Waals surface area contributed by atoms with Gasteiger partial charge in [-0.15, -0.1) is 0 Å². The van der Waals surface area contributed by atoms with Gasteiger partial charge < -0.3 is 10.6 Å². The number of nitrogens with zero attached hydrogens (tertiary/aromatic N) is 1. The molecule has 2 aliphatic rings. The lowest BCUT2D eigenvalue weighted by atomic mass is 9.92. The van der Waals surface area contributed by atoms with Gasteiger partial charge in [-0.1, -0.05) is 31.4 Å². The van der Waals surface area contributed by atoms with Gasteiger partial charge in [0.25, 0.3) is 5.91 Å². The topological polar surface area (TPSA) is 61.4 Å². The molecule has 0 bridgehead atoms. The van der Waals surface area contributed by atoms with Gasteiger partial charge in [0.05, 0.1) is 11.1 Å². The molecule has 0 atom stereocenters. The molecule has 9 heteroatoms. The number of alkyl halides is 3. The summed E-state index contributed by atoms with van der Waals surface area (Å²) in [6, 6.07) is 9.25. The van der Waals surface area contributed by atoms with Gasteiger partial charge in [0.1, 0.15) is 5.82 Å². The first-order valence-corrected chi connectivity index (χ1v) is 12.5. The molecule has 1 aliphatic heterocycles. The molecular formula is C27H31F4N3O2. The number of rotatable bonds is 6. The molecule has 0 spiro atoms. The Kier molecular flexibility index (Phi) is 8.28. The van der Waals surface area contributed by atoms with Crippen molar-refractivity contribution < 1.29 is 27.2 Å². The number of carbonyl (C=O) groups excluding carboxylic acids is 2. The Morgan fingerprint density at radius 3 is 2.33 bits per heavy atom. The van der Waals surface area contributed by atoms with Crippen molar-refractivity contribution >= 4 is 17.5 Å². The Labute approximate surface area is 208 Å². The molecule has 1 saturated carbocycles. The van der Waals surface area contributed by atoms with Gasteiger partial charge >= 0.3 is 6.18 Å². The minimum Gasteiger partial charge on any atom is -0.353 e. The van der Waals surface area contributed by atoms with Gasteiger partial charge in [0.2, 0.25) is 5.91 Å². The number of amides is 2. The predicted molar refractivity (Wildman–Crippen MR) is 129 cm³/mol. The minimum absolute atomic E-state index is 0.0347. The first-order valence-electron chi connectivity index (χ1n) is 12.5. The second-order valence-corrected chi connectivity index (χ2v) is 9.74. The summed E-state index contributed by atoms with van der Waals surface area (Å²) >= 11 is 0. The van der Waals surface area contributed by atoms with Crippen molar-refractivity contribution in [1.29, 1.82) is 0 Å². The Hall–Kier alpha value is -2.94. The summed E-state index contributed by atoms with van der Waals surface area (Å²) in [5, 5.41) is 5.79. The van der Waals surface area contributed by atoms with E-state index in [0.29, 0.717) is 30.4 Å². The molecule has 0 unspecified atom stereocenters. The standard InChI is InChI=1S/C27H31F4N3O2/c28-24-16-20(27(29,30)31)9-10-23(24)26(36)33-22-8-4-5-18(15-22)17-34-13-11-19(12-14-34)25(35)32-21-6-2-1-3-7-21/h4-5,8-10,15-16,19,21H,1-3,6-7,11-14,17H2,(H,32,35)(H,33,36). The first kappa shape index (κ1) is 26.1. The van der Waals surface area contributed by atoms with E-state index in [0.717, 1.165) is 50.4 Å². The van der Waals surface area contributed by atoms with Crippen LogP contribution < -0.4 is 10.6 Å². The van der Waals surface area contributed by atoms with Gasteiger partial charge in [-0.2, -0.15) is 13.2 Å². The summed E-state index contributed by atoms with van der Waals surface area (Å²) in [5.41, 5.74) is -0.236. The number of hydrogen-bond acceptors (Lipinski definition) is 3. The van der Waals surface area contributed by atoms with Crippen LogP contribution in [0.4, 0.5) is 23.2 Å². The van der Waals surface area contributed by atoms with Crippen LogP contribution in [0.5, 0.6) is 0 Å². The van der Waals surface area contributed by atoms with Gasteiger partial charge in [-0.05, 0) is 74.7 Å². The maximum atomic E-state index is 14.1. The molecule has 2 N–H and O–H groups in total. The molecule has 2 aromatic rings. The van der Waals surface area contributed by atoms with Crippen molar-refractivity contribution in [2.75, 3.05) is 18.4 Å². The fourth-order valence-electron chi connectivity index (χ4n) is 5.00. The lowest BCUT2D eigenvalue weighted by molar-refractivity contribution is -0.137. The molecule has 4 rings (SSSR count). The third kappa shape index (κ3) is 6.84. The monoisotopic (exact) mass is 505 g/mol. The maximum absolute atomic E-state index is 14.1. The van der Waals surface area contributed by atoms with E-state index in [-0.39, 0.29) is 11.8 Å². The highest BCUT2D eigenvalue weighted by Gasteiger charge is 2.32. The largest absolute Gasteiger partial charge is 0.416 e. The Morgan fingerprint density at radius 2 is 1.67 bits per heavy atom. The lowest BCUT2D eigenvalue weighted by Crippen LogP contribution is -2.44. The normalized spacial score (nSPS) is 18.1. The van der Waals surface area contributed by atoms with Crippen LogP contribution in [-0.2, 0) is 17.5 Å². The summed E-state index contributed by atoms with van der Waals surface area (Å²) in [6.07, 6.45) is 2.67. The van der Waals surface area contributed by atoms with Gasteiger partial charge in [-0.25, -0.2) is 4.39 Å². The zero-order chi connectivity index (χ0) is 25.7. The van der Waals surface area contributed by atoms with Crippen LogP contribution in [0.2, 0.25) is 0 Å². The number of halogens is 4. The van der Waals surface area contributed by atoms with Crippen LogP contribution in [0.1, 0.15) is 66.4 Å². The molecule has 5 nitrogen and oxygen atoms in total. The molecular weight excluding hydrogens is 474 g/mol. The fourth-order valence-corrected chi connectivity index (χ4v) is 5.00. The van der Waals surface area contributed by atoms with E-state index in [1.165, 1.54) is 19.3 Å². The zero-order valence-electron chi connectivity index (χ0n) is 20.0. The number of anilines is 1. The number of benzene rings is 2. The van der Waals surface area contributed by atoms with E-state index in [1.807, 2.05) is 6.07 Å². The van der Waals surface area contributed by atoms with Crippen molar-refractivity contribution in [3.8, 4) is 0 Å². The Morgan fingerprint density at radius 1 is 0.944 bits per heavy atom. The molecule has 2 aromatic carbocycles. The van der Waals surface area contributed by atoms with E-state index in [9.17, 15) is 27.2 Å². The number of carbonyl (C=O) groups is 2. The molecule has 0 radical (unpaired) electrons. The smallest absolute Gasteiger partial charge is 0.353 e. The number of likely N-dealkylation sites (tertiary alicyclic amines) is 1.